The van der Waals surface area contributed by atoms with Gasteiger partial charge in [0.15, 0.2) is 0 Å². The minimum atomic E-state index is 0.680. The van der Waals surface area contributed by atoms with Gasteiger partial charge in [-0.25, -0.2) is 4.98 Å². The van der Waals surface area contributed by atoms with Crippen molar-refractivity contribution in [2.24, 2.45) is 0 Å². The summed E-state index contributed by atoms with van der Waals surface area (Å²) in [6.07, 6.45) is 2.72. The Morgan fingerprint density at radius 3 is 2.65 bits per heavy atom. The summed E-state index contributed by atoms with van der Waals surface area (Å²) in [4.78, 5) is 17.6. The highest BCUT2D eigenvalue weighted by Gasteiger charge is 2.12. The summed E-state index contributed by atoms with van der Waals surface area (Å²) in [5, 5.41) is 0. The summed E-state index contributed by atoms with van der Waals surface area (Å²) in [5.74, 6) is 0.976. The second-order valence-electron chi connectivity index (χ2n) is 4.75. The Labute approximate surface area is 118 Å². The molecule has 3 rings (SSSR count). The number of rotatable bonds is 3. The SMILES string of the molecule is O=Cc1cccc(-c2ccc(N3CCOCC3)nc2)c1. The molecule has 0 amide bonds. The van der Waals surface area contributed by atoms with Gasteiger partial charge in [-0.2, -0.15) is 0 Å². The maximum Gasteiger partial charge on any atom is 0.150 e. The third-order valence-corrected chi connectivity index (χ3v) is 3.44. The van der Waals surface area contributed by atoms with Gasteiger partial charge in [0.1, 0.15) is 12.1 Å². The maximum atomic E-state index is 10.8. The van der Waals surface area contributed by atoms with Gasteiger partial charge in [0.2, 0.25) is 0 Å². The molecule has 0 atom stereocenters. The number of anilines is 1. The monoisotopic (exact) mass is 268 g/mol. The molecule has 1 saturated heterocycles. The minimum absolute atomic E-state index is 0.680. The lowest BCUT2D eigenvalue weighted by Gasteiger charge is -2.27. The number of ether oxygens (including phenoxy) is 1. The zero-order valence-corrected chi connectivity index (χ0v) is 11.2. The number of pyridine rings is 1. The van der Waals surface area contributed by atoms with Crippen LogP contribution in [0.15, 0.2) is 42.6 Å². The van der Waals surface area contributed by atoms with E-state index < -0.39 is 0 Å². The van der Waals surface area contributed by atoms with Crippen LogP contribution in [0.3, 0.4) is 0 Å². The van der Waals surface area contributed by atoms with Gasteiger partial charge in [-0.15, -0.1) is 0 Å². The predicted molar refractivity (Wildman–Crippen MR) is 78.1 cm³/mol. The lowest BCUT2D eigenvalue weighted by atomic mass is 10.1. The molecular formula is C16H16N2O2. The molecule has 0 aliphatic carbocycles. The third-order valence-electron chi connectivity index (χ3n) is 3.44. The van der Waals surface area contributed by atoms with Crippen LogP contribution in [0.5, 0.6) is 0 Å². The van der Waals surface area contributed by atoms with E-state index in [0.29, 0.717) is 5.56 Å². The van der Waals surface area contributed by atoms with Gasteiger partial charge < -0.3 is 9.64 Å². The molecule has 0 saturated carbocycles. The number of benzene rings is 1. The van der Waals surface area contributed by atoms with E-state index in [4.69, 9.17) is 4.74 Å². The van der Waals surface area contributed by atoms with Crippen LogP contribution in [-0.4, -0.2) is 37.6 Å². The van der Waals surface area contributed by atoms with Crippen molar-refractivity contribution in [3.63, 3.8) is 0 Å². The van der Waals surface area contributed by atoms with E-state index in [2.05, 4.69) is 9.88 Å². The minimum Gasteiger partial charge on any atom is -0.378 e. The first-order valence-electron chi connectivity index (χ1n) is 6.71. The highest BCUT2D eigenvalue weighted by Crippen LogP contribution is 2.22. The van der Waals surface area contributed by atoms with Crippen molar-refractivity contribution >= 4 is 12.1 Å². The number of nitrogens with zero attached hydrogens (tertiary/aromatic N) is 2. The summed E-state index contributed by atoms with van der Waals surface area (Å²) >= 11 is 0. The molecule has 0 unspecified atom stereocenters. The Balaban J connectivity index is 1.83. The molecule has 0 bridgehead atoms. The van der Waals surface area contributed by atoms with Gasteiger partial charge in [0.25, 0.3) is 0 Å². The Kier molecular flexibility index (Phi) is 3.74. The van der Waals surface area contributed by atoms with E-state index >= 15 is 0 Å². The number of carbonyl (C=O) groups excluding carboxylic acids is 1. The van der Waals surface area contributed by atoms with Crippen LogP contribution in [-0.2, 0) is 4.74 Å². The highest BCUT2D eigenvalue weighted by molar-refractivity contribution is 5.78. The summed E-state index contributed by atoms with van der Waals surface area (Å²) in [6, 6.07) is 11.6. The molecule has 2 heterocycles. The van der Waals surface area contributed by atoms with Gasteiger partial charge in [-0.05, 0) is 23.8 Å². The van der Waals surface area contributed by atoms with Crippen molar-refractivity contribution in [1.29, 1.82) is 0 Å². The highest BCUT2D eigenvalue weighted by atomic mass is 16.5. The fourth-order valence-electron chi connectivity index (χ4n) is 2.33. The number of morpholine rings is 1. The van der Waals surface area contributed by atoms with Crippen LogP contribution >= 0.6 is 0 Å². The van der Waals surface area contributed by atoms with E-state index in [1.54, 1.807) is 6.07 Å². The van der Waals surface area contributed by atoms with Crippen LogP contribution in [0.25, 0.3) is 11.1 Å². The lowest BCUT2D eigenvalue weighted by molar-refractivity contribution is 0.112. The summed E-state index contributed by atoms with van der Waals surface area (Å²) in [7, 11) is 0. The Morgan fingerprint density at radius 2 is 1.95 bits per heavy atom. The summed E-state index contributed by atoms with van der Waals surface area (Å²) in [6.45, 7) is 3.27. The molecule has 4 nitrogen and oxygen atoms in total. The molecule has 102 valence electrons. The smallest absolute Gasteiger partial charge is 0.150 e. The average Bonchev–Trinajstić information content (AvgIpc) is 2.56. The van der Waals surface area contributed by atoms with Crippen LogP contribution in [0.1, 0.15) is 10.4 Å². The Morgan fingerprint density at radius 1 is 1.10 bits per heavy atom. The molecule has 0 spiro atoms. The summed E-state index contributed by atoms with van der Waals surface area (Å²) < 4.78 is 5.34. The van der Waals surface area contributed by atoms with Gasteiger partial charge in [0, 0.05) is 30.4 Å². The molecule has 0 N–H and O–H groups in total. The second kappa shape index (κ2) is 5.84. The van der Waals surface area contributed by atoms with E-state index in [1.165, 1.54) is 0 Å². The predicted octanol–water partition coefficient (Wildman–Crippen LogP) is 2.40. The molecule has 1 aromatic heterocycles. The fourth-order valence-corrected chi connectivity index (χ4v) is 2.33. The number of carbonyl (C=O) groups is 1. The molecule has 0 radical (unpaired) electrons. The molecule has 4 heteroatoms. The zero-order chi connectivity index (χ0) is 13.8. The summed E-state index contributed by atoms with van der Waals surface area (Å²) in [5.41, 5.74) is 2.71. The van der Waals surface area contributed by atoms with Crippen molar-refractivity contribution in [2.45, 2.75) is 0 Å². The standard InChI is InChI=1S/C16H16N2O2/c19-12-13-2-1-3-14(10-13)15-4-5-16(17-11-15)18-6-8-20-9-7-18/h1-5,10-12H,6-9H2. The first-order valence-corrected chi connectivity index (χ1v) is 6.71. The number of aromatic nitrogens is 1. The van der Waals surface area contributed by atoms with Gasteiger partial charge in [-0.1, -0.05) is 18.2 Å². The second-order valence-corrected chi connectivity index (χ2v) is 4.75. The van der Waals surface area contributed by atoms with Crippen molar-refractivity contribution in [3.8, 4) is 11.1 Å². The van der Waals surface area contributed by atoms with Crippen molar-refractivity contribution in [2.75, 3.05) is 31.2 Å². The van der Waals surface area contributed by atoms with E-state index in [9.17, 15) is 4.79 Å². The average molecular weight is 268 g/mol. The lowest BCUT2D eigenvalue weighted by Crippen LogP contribution is -2.36. The largest absolute Gasteiger partial charge is 0.378 e. The van der Waals surface area contributed by atoms with E-state index in [1.807, 2.05) is 36.5 Å². The topological polar surface area (TPSA) is 42.4 Å². The van der Waals surface area contributed by atoms with E-state index in [0.717, 1.165) is 49.5 Å². The zero-order valence-electron chi connectivity index (χ0n) is 11.2. The molecule has 1 aromatic carbocycles. The van der Waals surface area contributed by atoms with Gasteiger partial charge in [0.05, 0.1) is 13.2 Å². The van der Waals surface area contributed by atoms with Crippen molar-refractivity contribution in [3.05, 3.63) is 48.2 Å². The Hall–Kier alpha value is -2.20. The quantitative estimate of drug-likeness (QED) is 0.802. The molecule has 20 heavy (non-hydrogen) atoms. The molecule has 1 aliphatic heterocycles. The first kappa shape index (κ1) is 12.8. The first-order chi connectivity index (χ1) is 9.86. The normalized spacial score (nSPS) is 15.1. The molecule has 2 aromatic rings. The maximum absolute atomic E-state index is 10.8. The van der Waals surface area contributed by atoms with Gasteiger partial charge in [-0.3, -0.25) is 4.79 Å². The van der Waals surface area contributed by atoms with Crippen molar-refractivity contribution < 1.29 is 9.53 Å². The number of hydrogen-bond donors (Lipinski definition) is 0. The molecule has 1 aliphatic rings. The van der Waals surface area contributed by atoms with Crippen LogP contribution < -0.4 is 4.90 Å². The van der Waals surface area contributed by atoms with Crippen molar-refractivity contribution in [1.82, 2.24) is 4.98 Å². The van der Waals surface area contributed by atoms with E-state index in [-0.39, 0.29) is 0 Å². The number of aldehydes is 1. The van der Waals surface area contributed by atoms with Crippen LogP contribution in [0, 0.1) is 0 Å². The number of hydrogen-bond acceptors (Lipinski definition) is 4. The fraction of sp³-hybridized carbons (Fsp3) is 0.250. The third kappa shape index (κ3) is 2.70. The van der Waals surface area contributed by atoms with Crippen LogP contribution in [0.4, 0.5) is 5.82 Å². The van der Waals surface area contributed by atoms with Crippen LogP contribution in [0.2, 0.25) is 0 Å². The van der Waals surface area contributed by atoms with Gasteiger partial charge >= 0.3 is 0 Å². The molecular weight excluding hydrogens is 252 g/mol. The Bertz CT molecular complexity index is 590. The molecule has 1 fully saturated rings.